The minimum Gasteiger partial charge on any atom is -0.370 e. The first kappa shape index (κ1) is 10.0. The average molecular weight is 155 g/mol. The largest absolute Gasteiger partial charge is 0.370 e. The zero-order valence-electron chi connectivity index (χ0n) is 7.30. The second-order valence-electron chi connectivity index (χ2n) is 2.47. The molecule has 0 aromatic carbocycles. The van der Waals surface area contributed by atoms with E-state index >= 15 is 0 Å². The van der Waals surface area contributed by atoms with E-state index in [1.165, 1.54) is 0 Å². The van der Waals surface area contributed by atoms with Crippen molar-refractivity contribution in [3.63, 3.8) is 0 Å². The summed E-state index contributed by atoms with van der Waals surface area (Å²) in [6.07, 6.45) is 2.76. The molecule has 3 N–H and O–H groups in total. The van der Waals surface area contributed by atoms with Crippen molar-refractivity contribution in [1.82, 2.24) is 5.32 Å². The fourth-order valence-electron chi connectivity index (χ4n) is 0.563. The third kappa shape index (κ3) is 5.45. The first-order valence-electron chi connectivity index (χ1n) is 3.88. The summed E-state index contributed by atoms with van der Waals surface area (Å²) in [6, 6.07) is 0.392. The molecule has 3 nitrogen and oxygen atoms in total. The Morgan fingerprint density at radius 2 is 2.45 bits per heavy atom. The number of rotatable bonds is 4. The van der Waals surface area contributed by atoms with Crippen molar-refractivity contribution in [1.29, 1.82) is 0 Å². The number of aliphatic imine (C=N–C) groups is 1. The molecule has 1 unspecified atom stereocenters. The molecule has 0 aromatic rings. The standard InChI is InChI=1S/C8H17N3/c1-4-6-10-8(9)11-7(3)5-2/h4,7H,1,5-6H2,2-3H3,(H3,9,10,11). The second-order valence-corrected chi connectivity index (χ2v) is 2.47. The number of nitrogens with zero attached hydrogens (tertiary/aromatic N) is 1. The highest BCUT2D eigenvalue weighted by Crippen LogP contribution is 1.85. The number of guanidine groups is 1. The van der Waals surface area contributed by atoms with Gasteiger partial charge in [0.2, 0.25) is 0 Å². The summed E-state index contributed by atoms with van der Waals surface area (Å²) < 4.78 is 0. The molecule has 11 heavy (non-hydrogen) atoms. The average Bonchev–Trinajstić information content (AvgIpc) is 2.00. The van der Waals surface area contributed by atoms with Crippen molar-refractivity contribution in [2.24, 2.45) is 10.7 Å². The van der Waals surface area contributed by atoms with Crippen LogP contribution in [0, 0.1) is 0 Å². The van der Waals surface area contributed by atoms with Crippen LogP contribution >= 0.6 is 0 Å². The van der Waals surface area contributed by atoms with Gasteiger partial charge in [-0.2, -0.15) is 0 Å². The van der Waals surface area contributed by atoms with Gasteiger partial charge < -0.3 is 11.1 Å². The monoisotopic (exact) mass is 155 g/mol. The molecule has 3 heteroatoms. The molecule has 0 saturated carbocycles. The topological polar surface area (TPSA) is 50.4 Å². The molecule has 0 saturated heterocycles. The predicted octanol–water partition coefficient (Wildman–Crippen LogP) is 0.875. The maximum absolute atomic E-state index is 5.53. The highest BCUT2D eigenvalue weighted by Gasteiger charge is 1.96. The zero-order chi connectivity index (χ0) is 8.69. The van der Waals surface area contributed by atoms with E-state index in [9.17, 15) is 0 Å². The summed E-state index contributed by atoms with van der Waals surface area (Å²) in [4.78, 5) is 4.00. The Hall–Kier alpha value is -0.990. The Bertz CT molecular complexity index is 140. The predicted molar refractivity (Wildman–Crippen MR) is 49.6 cm³/mol. The van der Waals surface area contributed by atoms with Gasteiger partial charge >= 0.3 is 0 Å². The molecule has 0 radical (unpaired) electrons. The van der Waals surface area contributed by atoms with Gasteiger partial charge in [-0.25, -0.2) is 4.99 Å². The van der Waals surface area contributed by atoms with Gasteiger partial charge in [0, 0.05) is 6.04 Å². The van der Waals surface area contributed by atoms with Gasteiger partial charge in [-0.05, 0) is 13.3 Å². The van der Waals surface area contributed by atoms with Crippen molar-refractivity contribution in [3.05, 3.63) is 12.7 Å². The minimum absolute atomic E-state index is 0.392. The Kier molecular flexibility index (Phi) is 5.25. The molecular formula is C8H17N3. The summed E-state index contributed by atoms with van der Waals surface area (Å²) in [5.41, 5.74) is 5.53. The van der Waals surface area contributed by atoms with Gasteiger partial charge in [0.1, 0.15) is 0 Å². The van der Waals surface area contributed by atoms with Crippen LogP contribution in [0.4, 0.5) is 0 Å². The Balaban J connectivity index is 3.65. The molecule has 0 aliphatic rings. The van der Waals surface area contributed by atoms with Gasteiger partial charge in [0.05, 0.1) is 6.54 Å². The van der Waals surface area contributed by atoms with Crippen LogP contribution in [0.25, 0.3) is 0 Å². The van der Waals surface area contributed by atoms with Crippen LogP contribution in [0.3, 0.4) is 0 Å². The van der Waals surface area contributed by atoms with E-state index in [2.05, 4.69) is 30.7 Å². The Morgan fingerprint density at radius 3 is 2.91 bits per heavy atom. The van der Waals surface area contributed by atoms with E-state index in [0.717, 1.165) is 6.42 Å². The van der Waals surface area contributed by atoms with Crippen LogP contribution in [-0.2, 0) is 0 Å². The summed E-state index contributed by atoms with van der Waals surface area (Å²) in [6.45, 7) is 8.28. The molecular weight excluding hydrogens is 138 g/mol. The summed E-state index contributed by atoms with van der Waals surface area (Å²) in [5.74, 6) is 0.499. The van der Waals surface area contributed by atoms with Gasteiger partial charge in [-0.3, -0.25) is 0 Å². The summed E-state index contributed by atoms with van der Waals surface area (Å²) in [7, 11) is 0. The van der Waals surface area contributed by atoms with Crippen molar-refractivity contribution in [3.8, 4) is 0 Å². The molecule has 0 aliphatic heterocycles. The van der Waals surface area contributed by atoms with Crippen molar-refractivity contribution >= 4 is 5.96 Å². The first-order chi connectivity index (χ1) is 5.20. The lowest BCUT2D eigenvalue weighted by Crippen LogP contribution is -2.38. The van der Waals surface area contributed by atoms with Gasteiger partial charge in [0.15, 0.2) is 5.96 Å². The molecule has 0 bridgehead atoms. The van der Waals surface area contributed by atoms with Crippen molar-refractivity contribution < 1.29 is 0 Å². The van der Waals surface area contributed by atoms with E-state index in [1.54, 1.807) is 6.08 Å². The van der Waals surface area contributed by atoms with E-state index in [0.29, 0.717) is 18.5 Å². The van der Waals surface area contributed by atoms with Crippen LogP contribution in [0.1, 0.15) is 20.3 Å². The molecule has 64 valence electrons. The third-order valence-electron chi connectivity index (χ3n) is 1.40. The number of hydrogen-bond acceptors (Lipinski definition) is 1. The van der Waals surface area contributed by atoms with Gasteiger partial charge in [-0.15, -0.1) is 6.58 Å². The van der Waals surface area contributed by atoms with E-state index < -0.39 is 0 Å². The maximum Gasteiger partial charge on any atom is 0.189 e. The van der Waals surface area contributed by atoms with Crippen LogP contribution in [0.2, 0.25) is 0 Å². The zero-order valence-corrected chi connectivity index (χ0v) is 7.30. The lowest BCUT2D eigenvalue weighted by Gasteiger charge is -2.10. The van der Waals surface area contributed by atoms with Gasteiger partial charge in [-0.1, -0.05) is 13.0 Å². The number of nitrogens with one attached hydrogen (secondary N) is 1. The maximum atomic E-state index is 5.53. The highest BCUT2D eigenvalue weighted by atomic mass is 15.1. The molecule has 0 amide bonds. The lowest BCUT2D eigenvalue weighted by atomic mass is 10.3. The van der Waals surface area contributed by atoms with Crippen LogP contribution in [0.5, 0.6) is 0 Å². The molecule has 0 fully saturated rings. The van der Waals surface area contributed by atoms with Gasteiger partial charge in [0.25, 0.3) is 0 Å². The second kappa shape index (κ2) is 5.77. The molecule has 0 rings (SSSR count). The SMILES string of the molecule is C=CCN=C(N)NC(C)CC. The molecule has 0 heterocycles. The molecule has 0 spiro atoms. The smallest absolute Gasteiger partial charge is 0.189 e. The van der Waals surface area contributed by atoms with E-state index in [4.69, 9.17) is 5.73 Å². The highest BCUT2D eigenvalue weighted by molar-refractivity contribution is 5.78. The Morgan fingerprint density at radius 1 is 1.82 bits per heavy atom. The summed E-state index contributed by atoms with van der Waals surface area (Å²) in [5, 5.41) is 3.04. The lowest BCUT2D eigenvalue weighted by molar-refractivity contribution is 0.637. The number of nitrogens with two attached hydrogens (primary N) is 1. The third-order valence-corrected chi connectivity index (χ3v) is 1.40. The normalized spacial score (nSPS) is 14.2. The molecule has 0 aromatic heterocycles. The van der Waals surface area contributed by atoms with Crippen molar-refractivity contribution in [2.45, 2.75) is 26.3 Å². The number of hydrogen-bond donors (Lipinski definition) is 2. The van der Waals surface area contributed by atoms with Crippen molar-refractivity contribution in [2.75, 3.05) is 6.54 Å². The molecule has 0 aliphatic carbocycles. The first-order valence-corrected chi connectivity index (χ1v) is 3.88. The summed E-state index contributed by atoms with van der Waals surface area (Å²) >= 11 is 0. The van der Waals surface area contributed by atoms with Crippen LogP contribution in [-0.4, -0.2) is 18.5 Å². The minimum atomic E-state index is 0.392. The Labute approximate surface area is 68.4 Å². The van der Waals surface area contributed by atoms with E-state index in [1.807, 2.05) is 0 Å². The molecule has 1 atom stereocenters. The fraction of sp³-hybridized carbons (Fsp3) is 0.625. The quantitative estimate of drug-likeness (QED) is 0.359. The van der Waals surface area contributed by atoms with Crippen LogP contribution < -0.4 is 11.1 Å². The van der Waals surface area contributed by atoms with E-state index in [-0.39, 0.29) is 0 Å². The van der Waals surface area contributed by atoms with Crippen LogP contribution in [0.15, 0.2) is 17.6 Å². The fourth-order valence-corrected chi connectivity index (χ4v) is 0.563.